The number of hydrogen-bond acceptors (Lipinski definition) is 3. The molecule has 0 aromatic carbocycles. The van der Waals surface area contributed by atoms with Crippen LogP contribution in [0.3, 0.4) is 0 Å². The maximum Gasteiger partial charge on any atom is 0.325 e. The van der Waals surface area contributed by atoms with E-state index < -0.39 is 18.0 Å². The van der Waals surface area contributed by atoms with Gasteiger partial charge in [0.2, 0.25) is 5.91 Å². The normalized spacial score (nSPS) is 18.5. The van der Waals surface area contributed by atoms with Gasteiger partial charge in [0.15, 0.2) is 0 Å². The molecule has 7 heteroatoms. The van der Waals surface area contributed by atoms with Gasteiger partial charge in [0.05, 0.1) is 0 Å². The number of nitrogens with one attached hydrogen (secondary N) is 1. The van der Waals surface area contributed by atoms with E-state index in [-0.39, 0.29) is 11.8 Å². The van der Waals surface area contributed by atoms with Crippen molar-refractivity contribution in [3.8, 4) is 0 Å². The highest BCUT2D eigenvalue weighted by atomic mass is 16.4. The number of rotatable bonds is 3. The van der Waals surface area contributed by atoms with E-state index >= 15 is 0 Å². The molecule has 7 nitrogen and oxygen atoms in total. The van der Waals surface area contributed by atoms with Gasteiger partial charge in [-0.15, -0.1) is 0 Å². The average molecular weight is 243 g/mol. The Balaban J connectivity index is 2.41. The fourth-order valence-electron chi connectivity index (χ4n) is 1.71. The summed E-state index contributed by atoms with van der Waals surface area (Å²) in [7, 11) is 0. The van der Waals surface area contributed by atoms with E-state index in [0.29, 0.717) is 25.9 Å². The number of amides is 3. The van der Waals surface area contributed by atoms with Crippen molar-refractivity contribution in [2.45, 2.75) is 25.8 Å². The lowest BCUT2D eigenvalue weighted by molar-refractivity contribution is -0.138. The van der Waals surface area contributed by atoms with Crippen LogP contribution < -0.4 is 11.1 Å². The highest BCUT2D eigenvalue weighted by molar-refractivity contribution is 5.82. The monoisotopic (exact) mass is 243 g/mol. The Labute approximate surface area is 98.9 Å². The number of primary amides is 1. The number of piperidine rings is 1. The maximum atomic E-state index is 11.6. The highest BCUT2D eigenvalue weighted by Gasteiger charge is 2.27. The van der Waals surface area contributed by atoms with Crippen molar-refractivity contribution >= 4 is 17.9 Å². The van der Waals surface area contributed by atoms with Gasteiger partial charge in [0.1, 0.15) is 6.04 Å². The summed E-state index contributed by atoms with van der Waals surface area (Å²) in [5, 5.41) is 11.0. The Morgan fingerprint density at radius 1 is 1.35 bits per heavy atom. The fourth-order valence-corrected chi connectivity index (χ4v) is 1.71. The Kier molecular flexibility index (Phi) is 4.30. The topological polar surface area (TPSA) is 113 Å². The predicted octanol–water partition coefficient (Wildman–Crippen LogP) is -0.634. The number of carboxylic acids is 1. The summed E-state index contributed by atoms with van der Waals surface area (Å²) in [6.45, 7) is 2.24. The first kappa shape index (κ1) is 13.3. The molecule has 96 valence electrons. The third-order valence-electron chi connectivity index (χ3n) is 2.89. The zero-order chi connectivity index (χ0) is 13.0. The van der Waals surface area contributed by atoms with Gasteiger partial charge in [0, 0.05) is 19.0 Å². The molecule has 0 saturated carbocycles. The summed E-state index contributed by atoms with van der Waals surface area (Å²) >= 11 is 0. The van der Waals surface area contributed by atoms with Crippen LogP contribution in [0, 0.1) is 5.92 Å². The van der Waals surface area contributed by atoms with Gasteiger partial charge in [0.25, 0.3) is 0 Å². The third-order valence-corrected chi connectivity index (χ3v) is 2.89. The van der Waals surface area contributed by atoms with Crippen molar-refractivity contribution < 1.29 is 19.5 Å². The SMILES string of the molecule is CC(NC(=O)N1CCC(C(N)=O)CC1)C(=O)O. The summed E-state index contributed by atoms with van der Waals surface area (Å²) in [6.07, 6.45) is 1.06. The molecule has 17 heavy (non-hydrogen) atoms. The number of likely N-dealkylation sites (tertiary alicyclic amines) is 1. The van der Waals surface area contributed by atoms with Gasteiger partial charge in [-0.3, -0.25) is 9.59 Å². The molecule has 1 aliphatic heterocycles. The van der Waals surface area contributed by atoms with Crippen LogP contribution in [-0.4, -0.2) is 47.0 Å². The maximum absolute atomic E-state index is 11.6. The molecule has 1 aliphatic rings. The van der Waals surface area contributed by atoms with Crippen molar-refractivity contribution in [1.82, 2.24) is 10.2 Å². The molecule has 1 saturated heterocycles. The molecule has 1 unspecified atom stereocenters. The summed E-state index contributed by atoms with van der Waals surface area (Å²) in [6, 6.07) is -1.33. The van der Waals surface area contributed by atoms with E-state index in [0.717, 1.165) is 0 Å². The Morgan fingerprint density at radius 2 is 1.88 bits per heavy atom. The molecule has 4 N–H and O–H groups in total. The number of aliphatic carboxylic acids is 1. The third kappa shape index (κ3) is 3.61. The molecule has 1 heterocycles. The van der Waals surface area contributed by atoms with Gasteiger partial charge >= 0.3 is 12.0 Å². The quantitative estimate of drug-likeness (QED) is 0.612. The minimum Gasteiger partial charge on any atom is -0.480 e. The molecule has 0 aliphatic carbocycles. The van der Waals surface area contributed by atoms with E-state index in [1.54, 1.807) is 0 Å². The van der Waals surface area contributed by atoms with E-state index in [1.807, 2.05) is 0 Å². The van der Waals surface area contributed by atoms with Crippen LogP contribution in [0.15, 0.2) is 0 Å². The Hall–Kier alpha value is -1.79. The number of nitrogens with zero attached hydrogens (tertiary/aromatic N) is 1. The number of carbonyl (C=O) groups is 3. The predicted molar refractivity (Wildman–Crippen MR) is 59.1 cm³/mol. The molecule has 1 fully saturated rings. The molecule has 1 atom stereocenters. The largest absolute Gasteiger partial charge is 0.480 e. The van der Waals surface area contributed by atoms with Gasteiger partial charge in [-0.2, -0.15) is 0 Å². The van der Waals surface area contributed by atoms with Crippen molar-refractivity contribution in [2.24, 2.45) is 11.7 Å². The second-order valence-electron chi connectivity index (χ2n) is 4.17. The molecule has 0 spiro atoms. The molecule has 3 amide bonds. The van der Waals surface area contributed by atoms with Crippen LogP contribution in [0.1, 0.15) is 19.8 Å². The van der Waals surface area contributed by atoms with Gasteiger partial charge < -0.3 is 21.1 Å². The standard InChI is InChI=1S/C10H17N3O4/c1-6(9(15)16)12-10(17)13-4-2-7(3-5-13)8(11)14/h6-7H,2-5H2,1H3,(H2,11,14)(H,12,17)(H,15,16). The highest BCUT2D eigenvalue weighted by Crippen LogP contribution is 2.16. The average Bonchev–Trinajstić information content (AvgIpc) is 2.28. The first-order chi connectivity index (χ1) is 7.91. The Morgan fingerprint density at radius 3 is 2.29 bits per heavy atom. The van der Waals surface area contributed by atoms with Crippen LogP contribution in [-0.2, 0) is 9.59 Å². The molecule has 0 bridgehead atoms. The lowest BCUT2D eigenvalue weighted by Gasteiger charge is -2.31. The van der Waals surface area contributed by atoms with Gasteiger partial charge in [-0.05, 0) is 19.8 Å². The zero-order valence-electron chi connectivity index (χ0n) is 9.68. The van der Waals surface area contributed by atoms with Crippen LogP contribution in [0.25, 0.3) is 0 Å². The fraction of sp³-hybridized carbons (Fsp3) is 0.700. The summed E-state index contributed by atoms with van der Waals surface area (Å²) in [4.78, 5) is 34.6. The number of nitrogens with two attached hydrogens (primary N) is 1. The number of urea groups is 1. The smallest absolute Gasteiger partial charge is 0.325 e. The second kappa shape index (κ2) is 5.51. The summed E-state index contributed by atoms with van der Waals surface area (Å²) in [5.74, 6) is -1.61. The molecular formula is C10H17N3O4. The molecular weight excluding hydrogens is 226 g/mol. The zero-order valence-corrected chi connectivity index (χ0v) is 9.68. The molecule has 1 rings (SSSR count). The Bertz CT molecular complexity index is 324. The van der Waals surface area contributed by atoms with Crippen molar-refractivity contribution in [1.29, 1.82) is 0 Å². The number of carbonyl (C=O) groups excluding carboxylic acids is 2. The first-order valence-electron chi connectivity index (χ1n) is 5.49. The lowest BCUT2D eigenvalue weighted by atomic mass is 9.96. The van der Waals surface area contributed by atoms with Crippen molar-refractivity contribution in [3.63, 3.8) is 0 Å². The van der Waals surface area contributed by atoms with E-state index in [2.05, 4.69) is 5.32 Å². The van der Waals surface area contributed by atoms with Crippen molar-refractivity contribution in [2.75, 3.05) is 13.1 Å². The summed E-state index contributed by atoms with van der Waals surface area (Å²) in [5.41, 5.74) is 5.17. The van der Waals surface area contributed by atoms with E-state index in [4.69, 9.17) is 10.8 Å². The van der Waals surface area contributed by atoms with E-state index in [9.17, 15) is 14.4 Å². The number of carboxylic acid groups (broad SMARTS) is 1. The first-order valence-corrected chi connectivity index (χ1v) is 5.49. The molecule has 0 aromatic heterocycles. The second-order valence-corrected chi connectivity index (χ2v) is 4.17. The van der Waals surface area contributed by atoms with Gasteiger partial charge in [-0.25, -0.2) is 4.79 Å². The lowest BCUT2D eigenvalue weighted by Crippen LogP contribution is -2.50. The molecule has 0 aromatic rings. The van der Waals surface area contributed by atoms with Crippen LogP contribution in [0.5, 0.6) is 0 Å². The molecule has 0 radical (unpaired) electrons. The van der Waals surface area contributed by atoms with Crippen LogP contribution >= 0.6 is 0 Å². The van der Waals surface area contributed by atoms with E-state index in [1.165, 1.54) is 11.8 Å². The minimum absolute atomic E-state index is 0.184. The van der Waals surface area contributed by atoms with Crippen LogP contribution in [0.4, 0.5) is 4.79 Å². The minimum atomic E-state index is -1.08. The van der Waals surface area contributed by atoms with Gasteiger partial charge in [-0.1, -0.05) is 0 Å². The summed E-state index contributed by atoms with van der Waals surface area (Å²) < 4.78 is 0. The number of hydrogen-bond donors (Lipinski definition) is 3. The van der Waals surface area contributed by atoms with Crippen molar-refractivity contribution in [3.05, 3.63) is 0 Å². The van der Waals surface area contributed by atoms with Crippen LogP contribution in [0.2, 0.25) is 0 Å².